The Morgan fingerprint density at radius 2 is 2.29 bits per heavy atom. The van der Waals surface area contributed by atoms with E-state index < -0.39 is 6.10 Å². The third-order valence-electron chi connectivity index (χ3n) is 5.82. The van der Waals surface area contributed by atoms with E-state index in [-0.39, 0.29) is 6.04 Å². The van der Waals surface area contributed by atoms with Gasteiger partial charge in [0.25, 0.3) is 0 Å². The predicted molar refractivity (Wildman–Crippen MR) is 95.0 cm³/mol. The molecule has 4 unspecified atom stereocenters. The van der Waals surface area contributed by atoms with Crippen LogP contribution < -0.4 is 4.74 Å². The van der Waals surface area contributed by atoms with Crippen molar-refractivity contribution in [2.75, 3.05) is 20.2 Å². The maximum Gasteiger partial charge on any atom is 0.119 e. The lowest BCUT2D eigenvalue weighted by atomic mass is 9.73. The molecule has 0 amide bonds. The number of aliphatic hydroxyl groups is 1. The highest BCUT2D eigenvalue weighted by molar-refractivity contribution is 5.83. The van der Waals surface area contributed by atoms with Crippen LogP contribution in [0.1, 0.15) is 24.5 Å². The van der Waals surface area contributed by atoms with Crippen molar-refractivity contribution in [2.45, 2.75) is 25.0 Å². The van der Waals surface area contributed by atoms with Crippen molar-refractivity contribution in [1.82, 2.24) is 9.88 Å². The molecule has 3 fully saturated rings. The van der Waals surface area contributed by atoms with E-state index >= 15 is 0 Å². The molecule has 2 bridgehead atoms. The fourth-order valence-electron chi connectivity index (χ4n) is 4.44. The minimum absolute atomic E-state index is 0.178. The molecule has 0 spiro atoms. The molecule has 1 N–H and O–H groups in total. The minimum atomic E-state index is -0.504. The monoisotopic (exact) mass is 324 g/mol. The van der Waals surface area contributed by atoms with Gasteiger partial charge in [0.05, 0.1) is 18.7 Å². The van der Waals surface area contributed by atoms with E-state index in [1.807, 2.05) is 24.3 Å². The molecular formula is C20H24N2O2. The lowest BCUT2D eigenvalue weighted by Crippen LogP contribution is -2.54. The maximum absolute atomic E-state index is 11.2. The number of ether oxygens (including phenoxy) is 1. The molecular weight excluding hydrogens is 300 g/mol. The summed E-state index contributed by atoms with van der Waals surface area (Å²) in [5.41, 5.74) is 1.85. The number of pyridine rings is 1. The van der Waals surface area contributed by atoms with Crippen molar-refractivity contribution in [2.24, 2.45) is 11.8 Å². The Kier molecular flexibility index (Phi) is 4.02. The summed E-state index contributed by atoms with van der Waals surface area (Å²) in [6.07, 6.45) is 5.62. The first-order valence-electron chi connectivity index (χ1n) is 8.68. The van der Waals surface area contributed by atoms with Crippen LogP contribution in [0.5, 0.6) is 5.75 Å². The number of methoxy groups -OCH3 is 1. The van der Waals surface area contributed by atoms with Gasteiger partial charge in [-0.2, -0.15) is 0 Å². The summed E-state index contributed by atoms with van der Waals surface area (Å²) in [6, 6.07) is 7.96. The van der Waals surface area contributed by atoms with Crippen molar-refractivity contribution in [3.63, 3.8) is 0 Å². The second-order valence-corrected chi connectivity index (χ2v) is 6.97. The van der Waals surface area contributed by atoms with Crippen molar-refractivity contribution >= 4 is 10.9 Å². The average molecular weight is 324 g/mol. The molecule has 4 heteroatoms. The number of piperidine rings is 3. The van der Waals surface area contributed by atoms with Crippen LogP contribution in [0, 0.1) is 11.8 Å². The third-order valence-corrected chi connectivity index (χ3v) is 5.82. The largest absolute Gasteiger partial charge is 0.497 e. The van der Waals surface area contributed by atoms with Crippen molar-refractivity contribution in [1.29, 1.82) is 0 Å². The molecule has 3 saturated heterocycles. The average Bonchev–Trinajstić information content (AvgIpc) is 2.66. The van der Waals surface area contributed by atoms with Crippen LogP contribution in [-0.2, 0) is 0 Å². The SMILES string of the molecule is C=CC1CN2CCC1C[C@@H]2C(O)c1ccnc2ccc(OC)cc12. The molecule has 3 aliphatic heterocycles. The second-order valence-electron chi connectivity index (χ2n) is 6.97. The Hall–Kier alpha value is -1.91. The van der Waals surface area contributed by atoms with E-state index in [9.17, 15) is 5.11 Å². The van der Waals surface area contributed by atoms with Crippen LogP contribution in [-0.4, -0.2) is 41.2 Å². The zero-order valence-corrected chi connectivity index (χ0v) is 14.1. The fraction of sp³-hybridized carbons (Fsp3) is 0.450. The quantitative estimate of drug-likeness (QED) is 0.878. The number of aromatic nitrogens is 1. The molecule has 0 radical (unpaired) electrons. The lowest BCUT2D eigenvalue weighted by molar-refractivity contribution is -0.0444. The van der Waals surface area contributed by atoms with Gasteiger partial charge in [0, 0.05) is 24.2 Å². The van der Waals surface area contributed by atoms with E-state index in [1.54, 1.807) is 13.3 Å². The summed E-state index contributed by atoms with van der Waals surface area (Å²) in [4.78, 5) is 6.86. The van der Waals surface area contributed by atoms with Crippen molar-refractivity contribution in [3.8, 4) is 5.75 Å². The Labute approximate surface area is 142 Å². The Morgan fingerprint density at radius 1 is 1.42 bits per heavy atom. The zero-order chi connectivity index (χ0) is 16.7. The smallest absolute Gasteiger partial charge is 0.119 e. The predicted octanol–water partition coefficient (Wildman–Crippen LogP) is 3.17. The van der Waals surface area contributed by atoms with Gasteiger partial charge in [0.2, 0.25) is 0 Å². The van der Waals surface area contributed by atoms with Gasteiger partial charge in [0.1, 0.15) is 5.75 Å². The summed E-state index contributed by atoms with van der Waals surface area (Å²) in [6.45, 7) is 6.07. The van der Waals surface area contributed by atoms with E-state index in [0.29, 0.717) is 11.8 Å². The standard InChI is InChI=1S/C20H24N2O2/c1-3-13-12-22-9-7-14(13)10-19(22)20(23)16-6-8-21-18-5-4-15(24-2)11-17(16)18/h3-6,8,11,13-14,19-20,23H,1,7,9-10,12H2,2H3/t13?,14?,19-,20?/m1/s1. The summed E-state index contributed by atoms with van der Waals surface area (Å²) in [7, 11) is 1.66. The molecule has 3 aliphatic rings. The molecule has 1 aromatic heterocycles. The van der Waals surface area contributed by atoms with Crippen LogP contribution in [0.25, 0.3) is 10.9 Å². The number of hydrogen-bond donors (Lipinski definition) is 1. The maximum atomic E-state index is 11.2. The number of aliphatic hydroxyl groups excluding tert-OH is 1. The summed E-state index contributed by atoms with van der Waals surface area (Å²) in [5.74, 6) is 2.01. The molecule has 0 aliphatic carbocycles. The molecule has 5 rings (SSSR count). The lowest BCUT2D eigenvalue weighted by Gasteiger charge is -2.50. The van der Waals surface area contributed by atoms with Crippen LogP contribution in [0.4, 0.5) is 0 Å². The number of benzene rings is 1. The number of hydrogen-bond acceptors (Lipinski definition) is 4. The number of rotatable bonds is 4. The first-order chi connectivity index (χ1) is 11.7. The molecule has 24 heavy (non-hydrogen) atoms. The molecule has 5 atom stereocenters. The Morgan fingerprint density at radius 3 is 3.00 bits per heavy atom. The summed E-state index contributed by atoms with van der Waals surface area (Å²) < 4.78 is 5.35. The van der Waals surface area contributed by atoms with Crippen LogP contribution in [0.15, 0.2) is 43.1 Å². The van der Waals surface area contributed by atoms with Crippen LogP contribution >= 0.6 is 0 Å². The molecule has 4 heterocycles. The normalized spacial score (nSPS) is 30.2. The molecule has 4 nitrogen and oxygen atoms in total. The van der Waals surface area contributed by atoms with Gasteiger partial charge in [-0.1, -0.05) is 6.08 Å². The van der Waals surface area contributed by atoms with Gasteiger partial charge < -0.3 is 9.84 Å². The minimum Gasteiger partial charge on any atom is -0.497 e. The molecule has 1 aromatic carbocycles. The van der Waals surface area contributed by atoms with E-state index in [4.69, 9.17) is 4.74 Å². The molecule has 2 aromatic rings. The van der Waals surface area contributed by atoms with Gasteiger partial charge in [-0.25, -0.2) is 0 Å². The number of fused-ring (bicyclic) bond motifs is 4. The van der Waals surface area contributed by atoms with Crippen LogP contribution in [0.2, 0.25) is 0 Å². The second kappa shape index (κ2) is 6.19. The molecule has 0 saturated carbocycles. The van der Waals surface area contributed by atoms with Gasteiger partial charge in [-0.05, 0) is 61.1 Å². The first-order valence-corrected chi connectivity index (χ1v) is 8.68. The molecule has 126 valence electrons. The van der Waals surface area contributed by atoms with Gasteiger partial charge >= 0.3 is 0 Å². The van der Waals surface area contributed by atoms with Gasteiger partial charge in [-0.15, -0.1) is 6.58 Å². The zero-order valence-electron chi connectivity index (χ0n) is 14.1. The number of nitrogens with zero attached hydrogens (tertiary/aromatic N) is 2. The van der Waals surface area contributed by atoms with Gasteiger partial charge in [-0.3, -0.25) is 9.88 Å². The highest BCUT2D eigenvalue weighted by Crippen LogP contribution is 2.42. The fourth-order valence-corrected chi connectivity index (χ4v) is 4.44. The van der Waals surface area contributed by atoms with Crippen molar-refractivity contribution in [3.05, 3.63) is 48.7 Å². The van der Waals surface area contributed by atoms with E-state index in [2.05, 4.69) is 22.5 Å². The highest BCUT2D eigenvalue weighted by atomic mass is 16.5. The first kappa shape index (κ1) is 15.6. The van der Waals surface area contributed by atoms with Crippen molar-refractivity contribution < 1.29 is 9.84 Å². The Balaban J connectivity index is 1.69. The third kappa shape index (κ3) is 2.50. The summed E-state index contributed by atoms with van der Waals surface area (Å²) >= 11 is 0. The van der Waals surface area contributed by atoms with Crippen LogP contribution in [0.3, 0.4) is 0 Å². The Bertz CT molecular complexity index is 760. The van der Waals surface area contributed by atoms with E-state index in [0.717, 1.165) is 41.7 Å². The topological polar surface area (TPSA) is 45.6 Å². The van der Waals surface area contributed by atoms with Gasteiger partial charge in [0.15, 0.2) is 0 Å². The highest BCUT2D eigenvalue weighted by Gasteiger charge is 2.42. The summed E-state index contributed by atoms with van der Waals surface area (Å²) in [5, 5.41) is 12.1. The van der Waals surface area contributed by atoms with E-state index in [1.165, 1.54) is 6.42 Å².